The van der Waals surface area contributed by atoms with Crippen LogP contribution in [-0.2, 0) is 13.0 Å². The fourth-order valence-electron chi connectivity index (χ4n) is 2.80. The molecule has 0 aliphatic rings. The van der Waals surface area contributed by atoms with Crippen molar-refractivity contribution in [3.63, 3.8) is 0 Å². The molecule has 0 saturated carbocycles. The molecule has 0 spiro atoms. The molecular weight excluding hydrogens is 394 g/mol. The number of hydrogen-bond donors (Lipinski definition) is 3. The summed E-state index contributed by atoms with van der Waals surface area (Å²) in [6.45, 7) is 5.92. The SMILES string of the molecule is CCCNc1nc(NCCc2ccncc2)ncc1-c1nnc(CNCCN(C)C)o1. The van der Waals surface area contributed by atoms with Crippen LogP contribution in [0.1, 0.15) is 24.8 Å². The molecule has 3 rings (SSSR count). The molecule has 31 heavy (non-hydrogen) atoms. The quantitative estimate of drug-likeness (QED) is 0.351. The summed E-state index contributed by atoms with van der Waals surface area (Å²) in [5.41, 5.74) is 1.90. The summed E-state index contributed by atoms with van der Waals surface area (Å²) in [6.07, 6.45) is 7.14. The van der Waals surface area contributed by atoms with Gasteiger partial charge in [-0.2, -0.15) is 4.98 Å². The summed E-state index contributed by atoms with van der Waals surface area (Å²) in [5, 5.41) is 18.2. The van der Waals surface area contributed by atoms with Gasteiger partial charge in [0.1, 0.15) is 5.82 Å². The van der Waals surface area contributed by atoms with E-state index in [-0.39, 0.29) is 0 Å². The minimum absolute atomic E-state index is 0.409. The molecule has 0 aromatic carbocycles. The first kappa shape index (κ1) is 22.6. The standard InChI is InChI=1S/C21H31N9O/c1-4-8-24-19-17(20-29-28-18(31-20)15-23-12-13-30(2)3)14-26-21(27-19)25-11-7-16-5-9-22-10-6-16/h5-6,9-10,14,23H,4,7-8,11-13,15H2,1-3H3,(H2,24,25,26,27). The van der Waals surface area contributed by atoms with E-state index in [1.165, 1.54) is 5.56 Å². The monoisotopic (exact) mass is 425 g/mol. The van der Waals surface area contributed by atoms with Crippen molar-refractivity contribution in [2.75, 3.05) is 50.9 Å². The number of nitrogens with one attached hydrogen (secondary N) is 3. The Balaban J connectivity index is 1.64. The first-order chi connectivity index (χ1) is 15.2. The predicted octanol–water partition coefficient (Wildman–Crippen LogP) is 2.05. The van der Waals surface area contributed by atoms with Gasteiger partial charge >= 0.3 is 0 Å². The Morgan fingerprint density at radius 2 is 1.87 bits per heavy atom. The number of hydrogen-bond acceptors (Lipinski definition) is 10. The molecule has 3 aromatic rings. The number of anilines is 2. The van der Waals surface area contributed by atoms with Gasteiger partial charge in [0.25, 0.3) is 5.89 Å². The topological polar surface area (TPSA) is 117 Å². The molecule has 0 radical (unpaired) electrons. The van der Waals surface area contributed by atoms with Crippen molar-refractivity contribution >= 4 is 11.8 Å². The Morgan fingerprint density at radius 1 is 1.03 bits per heavy atom. The molecule has 0 atom stereocenters. The molecule has 0 unspecified atom stereocenters. The summed E-state index contributed by atoms with van der Waals surface area (Å²) in [7, 11) is 4.07. The maximum absolute atomic E-state index is 5.83. The number of pyridine rings is 1. The highest BCUT2D eigenvalue weighted by atomic mass is 16.4. The minimum atomic E-state index is 0.409. The van der Waals surface area contributed by atoms with Crippen molar-refractivity contribution in [1.29, 1.82) is 0 Å². The second-order valence-electron chi connectivity index (χ2n) is 7.40. The zero-order chi connectivity index (χ0) is 21.9. The van der Waals surface area contributed by atoms with Gasteiger partial charge in [0.15, 0.2) is 0 Å². The van der Waals surface area contributed by atoms with Gasteiger partial charge in [-0.3, -0.25) is 4.98 Å². The lowest BCUT2D eigenvalue weighted by Crippen LogP contribution is -2.26. The molecule has 166 valence electrons. The largest absolute Gasteiger partial charge is 0.419 e. The van der Waals surface area contributed by atoms with Gasteiger partial charge in [-0.25, -0.2) is 4.98 Å². The first-order valence-electron chi connectivity index (χ1n) is 10.6. The molecule has 10 heteroatoms. The van der Waals surface area contributed by atoms with E-state index in [0.717, 1.165) is 39.0 Å². The van der Waals surface area contributed by atoms with Crippen LogP contribution in [0.25, 0.3) is 11.5 Å². The second kappa shape index (κ2) is 11.9. The van der Waals surface area contributed by atoms with Gasteiger partial charge < -0.3 is 25.3 Å². The van der Waals surface area contributed by atoms with Crippen LogP contribution in [0.3, 0.4) is 0 Å². The lowest BCUT2D eigenvalue weighted by Gasteiger charge is -2.11. The molecule has 3 N–H and O–H groups in total. The molecule has 0 amide bonds. The normalized spacial score (nSPS) is 11.1. The Bertz CT molecular complexity index is 914. The van der Waals surface area contributed by atoms with Crippen LogP contribution in [-0.4, -0.2) is 70.3 Å². The van der Waals surface area contributed by atoms with Gasteiger partial charge in [0, 0.05) is 44.8 Å². The smallest absolute Gasteiger partial charge is 0.253 e. The summed E-state index contributed by atoms with van der Waals surface area (Å²) < 4.78 is 5.83. The average molecular weight is 426 g/mol. The number of nitrogens with zero attached hydrogens (tertiary/aromatic N) is 6. The van der Waals surface area contributed by atoms with Gasteiger partial charge in [-0.05, 0) is 44.6 Å². The van der Waals surface area contributed by atoms with E-state index in [9.17, 15) is 0 Å². The average Bonchev–Trinajstić information content (AvgIpc) is 3.25. The second-order valence-corrected chi connectivity index (χ2v) is 7.40. The minimum Gasteiger partial charge on any atom is -0.419 e. The molecule has 0 aliphatic carbocycles. The van der Waals surface area contributed by atoms with Crippen molar-refractivity contribution in [2.45, 2.75) is 26.3 Å². The number of likely N-dealkylation sites (N-methyl/N-ethyl adjacent to an activating group) is 1. The van der Waals surface area contributed by atoms with E-state index in [2.05, 4.69) is 52.9 Å². The van der Waals surface area contributed by atoms with Crippen LogP contribution in [0.2, 0.25) is 0 Å². The van der Waals surface area contributed by atoms with Crippen LogP contribution in [0.4, 0.5) is 11.8 Å². The van der Waals surface area contributed by atoms with Crippen molar-refractivity contribution in [1.82, 2.24) is 35.4 Å². The van der Waals surface area contributed by atoms with Gasteiger partial charge in [-0.15, -0.1) is 10.2 Å². The zero-order valence-corrected chi connectivity index (χ0v) is 18.4. The third-order valence-electron chi connectivity index (χ3n) is 4.49. The van der Waals surface area contributed by atoms with Crippen LogP contribution >= 0.6 is 0 Å². The highest BCUT2D eigenvalue weighted by molar-refractivity contribution is 5.69. The lowest BCUT2D eigenvalue weighted by atomic mass is 10.2. The van der Waals surface area contributed by atoms with Crippen molar-refractivity contribution in [3.8, 4) is 11.5 Å². The van der Waals surface area contributed by atoms with Crippen LogP contribution in [0, 0.1) is 0 Å². The molecular formula is C21H31N9O. The van der Waals surface area contributed by atoms with E-state index < -0.39 is 0 Å². The van der Waals surface area contributed by atoms with E-state index in [1.54, 1.807) is 18.6 Å². The number of aromatic nitrogens is 5. The van der Waals surface area contributed by atoms with E-state index >= 15 is 0 Å². The summed E-state index contributed by atoms with van der Waals surface area (Å²) >= 11 is 0. The molecule has 0 aliphatic heterocycles. The summed E-state index contributed by atoms with van der Waals surface area (Å²) in [6, 6.07) is 4.00. The highest BCUT2D eigenvalue weighted by Gasteiger charge is 2.15. The van der Waals surface area contributed by atoms with Crippen molar-refractivity contribution < 1.29 is 4.42 Å². The van der Waals surface area contributed by atoms with Gasteiger partial charge in [-0.1, -0.05) is 6.92 Å². The Kier molecular flexibility index (Phi) is 8.68. The summed E-state index contributed by atoms with van der Waals surface area (Å²) in [4.78, 5) is 15.2. The van der Waals surface area contributed by atoms with E-state index in [1.807, 2.05) is 26.2 Å². The highest BCUT2D eigenvalue weighted by Crippen LogP contribution is 2.25. The Hall–Kier alpha value is -3.11. The first-order valence-corrected chi connectivity index (χ1v) is 10.6. The third-order valence-corrected chi connectivity index (χ3v) is 4.49. The molecule has 0 bridgehead atoms. The molecule has 0 saturated heterocycles. The maximum Gasteiger partial charge on any atom is 0.253 e. The van der Waals surface area contributed by atoms with Gasteiger partial charge in [0.05, 0.1) is 12.1 Å². The van der Waals surface area contributed by atoms with E-state index in [4.69, 9.17) is 4.42 Å². The van der Waals surface area contributed by atoms with Crippen LogP contribution < -0.4 is 16.0 Å². The van der Waals surface area contributed by atoms with Gasteiger partial charge in [0.2, 0.25) is 11.8 Å². The molecule has 3 heterocycles. The predicted molar refractivity (Wildman–Crippen MR) is 121 cm³/mol. The third kappa shape index (κ3) is 7.26. The maximum atomic E-state index is 5.83. The van der Waals surface area contributed by atoms with Crippen LogP contribution in [0.5, 0.6) is 0 Å². The summed E-state index contributed by atoms with van der Waals surface area (Å²) in [5.74, 6) is 2.18. The fourth-order valence-corrected chi connectivity index (χ4v) is 2.80. The molecule has 3 aromatic heterocycles. The fraction of sp³-hybridized carbons (Fsp3) is 0.476. The van der Waals surface area contributed by atoms with Crippen LogP contribution in [0.15, 0.2) is 35.1 Å². The zero-order valence-electron chi connectivity index (χ0n) is 18.4. The number of rotatable bonds is 13. The lowest BCUT2D eigenvalue weighted by molar-refractivity contribution is 0.390. The van der Waals surface area contributed by atoms with Crippen molar-refractivity contribution in [2.24, 2.45) is 0 Å². The Morgan fingerprint density at radius 3 is 2.65 bits per heavy atom. The molecule has 0 fully saturated rings. The molecule has 10 nitrogen and oxygen atoms in total. The van der Waals surface area contributed by atoms with E-state index in [0.29, 0.717) is 35.7 Å². The Labute approximate surface area is 182 Å². The van der Waals surface area contributed by atoms with Crippen molar-refractivity contribution in [3.05, 3.63) is 42.2 Å².